The molecule has 3 heterocycles. The summed E-state index contributed by atoms with van der Waals surface area (Å²) in [4.78, 5) is 19.8. The molecule has 0 spiro atoms. The van der Waals surface area contributed by atoms with Crippen LogP contribution < -0.4 is 0 Å². The number of benzene rings is 1. The molecule has 1 aliphatic carbocycles. The van der Waals surface area contributed by atoms with Crippen LogP contribution in [-0.2, 0) is 16.1 Å². The highest BCUT2D eigenvalue weighted by Crippen LogP contribution is 2.42. The second-order valence-electron chi connectivity index (χ2n) is 8.15. The van der Waals surface area contributed by atoms with E-state index < -0.39 is 0 Å². The smallest absolute Gasteiger partial charge is 0.242 e. The first-order chi connectivity index (χ1) is 12.7. The average molecular weight is 355 g/mol. The van der Waals surface area contributed by atoms with Gasteiger partial charge in [-0.2, -0.15) is 0 Å². The molecule has 1 N–H and O–H groups in total. The average Bonchev–Trinajstić information content (AvgIpc) is 3.34. The number of carbonyl (C=O) groups excluding carboxylic acids is 1. The molecular weight excluding hydrogens is 330 g/mol. The van der Waals surface area contributed by atoms with Crippen molar-refractivity contribution in [1.82, 2.24) is 14.5 Å². The second-order valence-corrected chi connectivity index (χ2v) is 8.15. The molecule has 6 nitrogen and oxygen atoms in total. The Hall–Kier alpha value is -1.92. The summed E-state index contributed by atoms with van der Waals surface area (Å²) in [5, 5.41) is 9.94. The van der Waals surface area contributed by atoms with Crippen molar-refractivity contribution in [1.29, 1.82) is 0 Å². The Balaban J connectivity index is 1.41. The number of amides is 1. The molecule has 1 aromatic carbocycles. The molecule has 138 valence electrons. The fourth-order valence-corrected chi connectivity index (χ4v) is 4.66. The lowest BCUT2D eigenvalue weighted by molar-refractivity contribution is -0.131. The van der Waals surface area contributed by atoms with Crippen molar-refractivity contribution in [3.63, 3.8) is 0 Å². The van der Waals surface area contributed by atoms with Crippen molar-refractivity contribution < 1.29 is 14.6 Å². The minimum atomic E-state index is -0.274. The zero-order valence-corrected chi connectivity index (χ0v) is 14.9. The van der Waals surface area contributed by atoms with Gasteiger partial charge >= 0.3 is 0 Å². The van der Waals surface area contributed by atoms with E-state index in [0.29, 0.717) is 31.5 Å². The Kier molecular flexibility index (Phi) is 3.79. The predicted octanol–water partition coefficient (Wildman–Crippen LogP) is 1.77. The molecule has 1 amide bonds. The van der Waals surface area contributed by atoms with Crippen LogP contribution in [0, 0.1) is 11.3 Å². The van der Waals surface area contributed by atoms with E-state index in [4.69, 9.17) is 9.72 Å². The summed E-state index contributed by atoms with van der Waals surface area (Å²) in [5.74, 6) is 2.01. The second kappa shape index (κ2) is 6.06. The first kappa shape index (κ1) is 16.3. The standard InChI is InChI=1S/C20H25N3O3/c24-12-20-11-22(9-15(20)7-8-26-13-20)18(25)10-23-17-4-2-1-3-16(17)21-19(23)14-5-6-14/h1-4,14-15,24H,5-13H2/t15-,20+/m0/s1. The maximum Gasteiger partial charge on any atom is 0.242 e. The van der Waals surface area contributed by atoms with Crippen LogP contribution >= 0.6 is 0 Å². The molecule has 3 aliphatic rings. The maximum absolute atomic E-state index is 13.1. The van der Waals surface area contributed by atoms with Gasteiger partial charge in [0.1, 0.15) is 12.4 Å². The summed E-state index contributed by atoms with van der Waals surface area (Å²) < 4.78 is 7.73. The molecule has 1 saturated carbocycles. The number of aromatic nitrogens is 2. The van der Waals surface area contributed by atoms with E-state index >= 15 is 0 Å². The molecular formula is C20H25N3O3. The summed E-state index contributed by atoms with van der Waals surface area (Å²) in [6, 6.07) is 8.07. The molecule has 2 saturated heterocycles. The molecule has 6 heteroatoms. The van der Waals surface area contributed by atoms with Crippen molar-refractivity contribution in [2.45, 2.75) is 31.7 Å². The van der Waals surface area contributed by atoms with Gasteiger partial charge in [0.05, 0.1) is 24.2 Å². The molecule has 2 atom stereocenters. The molecule has 1 aromatic heterocycles. The van der Waals surface area contributed by atoms with Gasteiger partial charge in [0, 0.05) is 31.0 Å². The van der Waals surface area contributed by atoms with Gasteiger partial charge in [-0.25, -0.2) is 4.98 Å². The Morgan fingerprint density at radius 3 is 2.92 bits per heavy atom. The van der Waals surface area contributed by atoms with E-state index in [0.717, 1.165) is 49.3 Å². The van der Waals surface area contributed by atoms with Gasteiger partial charge in [-0.3, -0.25) is 4.79 Å². The fraction of sp³-hybridized carbons (Fsp3) is 0.600. The monoisotopic (exact) mass is 355 g/mol. The number of rotatable bonds is 4. The normalized spacial score (nSPS) is 28.5. The lowest BCUT2D eigenvalue weighted by atomic mass is 9.76. The first-order valence-electron chi connectivity index (χ1n) is 9.62. The highest BCUT2D eigenvalue weighted by Gasteiger charge is 2.49. The van der Waals surface area contributed by atoms with Crippen molar-refractivity contribution in [3.8, 4) is 0 Å². The highest BCUT2D eigenvalue weighted by molar-refractivity contribution is 5.81. The SMILES string of the molecule is O=C(Cn1c(C2CC2)nc2ccccc21)N1C[C@@H]2CCOC[C@]2(CO)C1. The van der Waals surface area contributed by atoms with E-state index in [9.17, 15) is 9.90 Å². The van der Waals surface area contributed by atoms with Gasteiger partial charge in [0.2, 0.25) is 5.91 Å². The minimum absolute atomic E-state index is 0.0861. The number of aliphatic hydroxyl groups excluding tert-OH is 1. The van der Waals surface area contributed by atoms with Gasteiger partial charge < -0.3 is 19.3 Å². The number of fused-ring (bicyclic) bond motifs is 2. The molecule has 0 bridgehead atoms. The van der Waals surface area contributed by atoms with Gasteiger partial charge in [0.25, 0.3) is 0 Å². The zero-order chi connectivity index (χ0) is 17.7. The van der Waals surface area contributed by atoms with Crippen LogP contribution in [0.3, 0.4) is 0 Å². The summed E-state index contributed by atoms with van der Waals surface area (Å²) >= 11 is 0. The highest BCUT2D eigenvalue weighted by atomic mass is 16.5. The number of imidazole rings is 1. The van der Waals surface area contributed by atoms with Crippen LogP contribution in [0.1, 0.15) is 31.0 Å². The van der Waals surface area contributed by atoms with E-state index in [-0.39, 0.29) is 17.9 Å². The van der Waals surface area contributed by atoms with E-state index in [1.807, 2.05) is 29.2 Å². The van der Waals surface area contributed by atoms with Gasteiger partial charge in [-0.15, -0.1) is 0 Å². The van der Waals surface area contributed by atoms with E-state index in [2.05, 4.69) is 4.57 Å². The number of nitrogens with zero attached hydrogens (tertiary/aromatic N) is 3. The van der Waals surface area contributed by atoms with Gasteiger partial charge in [0.15, 0.2) is 0 Å². The summed E-state index contributed by atoms with van der Waals surface area (Å²) in [7, 11) is 0. The van der Waals surface area contributed by atoms with Crippen molar-refractivity contribution in [2.24, 2.45) is 11.3 Å². The third kappa shape index (κ3) is 2.55. The van der Waals surface area contributed by atoms with Crippen LogP contribution in [0.4, 0.5) is 0 Å². The van der Waals surface area contributed by atoms with Crippen LogP contribution in [-0.4, -0.2) is 58.4 Å². The topological polar surface area (TPSA) is 67.6 Å². The number of aliphatic hydroxyl groups is 1. The Bertz CT molecular complexity index is 844. The van der Waals surface area contributed by atoms with Crippen LogP contribution in [0.2, 0.25) is 0 Å². The first-order valence-corrected chi connectivity index (χ1v) is 9.62. The zero-order valence-electron chi connectivity index (χ0n) is 14.9. The lowest BCUT2D eigenvalue weighted by Crippen LogP contribution is -2.43. The molecule has 2 aromatic rings. The van der Waals surface area contributed by atoms with Crippen molar-refractivity contribution >= 4 is 16.9 Å². The molecule has 0 radical (unpaired) electrons. The summed E-state index contributed by atoms with van der Waals surface area (Å²) in [5.41, 5.74) is 1.74. The number of likely N-dealkylation sites (tertiary alicyclic amines) is 1. The van der Waals surface area contributed by atoms with Crippen LogP contribution in [0.15, 0.2) is 24.3 Å². The number of para-hydroxylation sites is 2. The van der Waals surface area contributed by atoms with Crippen molar-refractivity contribution in [3.05, 3.63) is 30.1 Å². The number of hydrogen-bond acceptors (Lipinski definition) is 4. The fourth-order valence-electron chi connectivity index (χ4n) is 4.66. The quantitative estimate of drug-likeness (QED) is 0.908. The van der Waals surface area contributed by atoms with E-state index in [1.165, 1.54) is 0 Å². The number of carbonyl (C=O) groups is 1. The van der Waals surface area contributed by atoms with Gasteiger partial charge in [-0.1, -0.05) is 12.1 Å². The summed E-state index contributed by atoms with van der Waals surface area (Å²) in [6.45, 7) is 3.03. The van der Waals surface area contributed by atoms with Crippen LogP contribution in [0.5, 0.6) is 0 Å². The van der Waals surface area contributed by atoms with Crippen LogP contribution in [0.25, 0.3) is 11.0 Å². The third-order valence-corrected chi connectivity index (χ3v) is 6.40. The molecule has 0 unspecified atom stereocenters. The molecule has 2 aliphatic heterocycles. The molecule has 5 rings (SSSR count). The number of ether oxygens (including phenoxy) is 1. The Morgan fingerprint density at radius 1 is 1.31 bits per heavy atom. The molecule has 3 fully saturated rings. The Labute approximate surface area is 152 Å². The largest absolute Gasteiger partial charge is 0.396 e. The molecule has 26 heavy (non-hydrogen) atoms. The summed E-state index contributed by atoms with van der Waals surface area (Å²) in [6.07, 6.45) is 3.24. The maximum atomic E-state index is 13.1. The predicted molar refractivity (Wildman–Crippen MR) is 96.7 cm³/mol. The van der Waals surface area contributed by atoms with Gasteiger partial charge in [-0.05, 0) is 37.3 Å². The number of hydrogen-bond donors (Lipinski definition) is 1. The minimum Gasteiger partial charge on any atom is -0.396 e. The Morgan fingerprint density at radius 2 is 2.15 bits per heavy atom. The van der Waals surface area contributed by atoms with Crippen molar-refractivity contribution in [2.75, 3.05) is 32.9 Å². The van der Waals surface area contributed by atoms with E-state index in [1.54, 1.807) is 0 Å². The lowest BCUT2D eigenvalue weighted by Gasteiger charge is -2.36. The third-order valence-electron chi connectivity index (χ3n) is 6.40.